The minimum atomic E-state index is 0.105. The Bertz CT molecular complexity index is 155. The van der Waals surface area contributed by atoms with E-state index in [0.717, 1.165) is 19.0 Å². The van der Waals surface area contributed by atoms with Crippen LogP contribution in [0.2, 0.25) is 0 Å². The SMILES string of the molecule is CCNC(=O)CNCCCC1CC1. The molecule has 1 fully saturated rings. The van der Waals surface area contributed by atoms with Crippen molar-refractivity contribution in [2.75, 3.05) is 19.6 Å². The molecule has 0 unspecified atom stereocenters. The summed E-state index contributed by atoms with van der Waals surface area (Å²) in [6, 6.07) is 0. The number of hydrogen-bond donors (Lipinski definition) is 2. The van der Waals surface area contributed by atoms with Gasteiger partial charge in [-0.25, -0.2) is 0 Å². The smallest absolute Gasteiger partial charge is 0.233 e. The molecule has 0 atom stereocenters. The molecule has 0 saturated heterocycles. The first-order valence-electron chi connectivity index (χ1n) is 5.30. The standard InChI is InChI=1S/C10H20N2O/c1-2-12-10(13)8-11-7-3-4-9-5-6-9/h9,11H,2-8H2,1H3,(H,12,13). The van der Waals surface area contributed by atoms with Crippen molar-refractivity contribution in [2.45, 2.75) is 32.6 Å². The fourth-order valence-electron chi connectivity index (χ4n) is 1.38. The minimum absolute atomic E-state index is 0.105. The molecule has 3 nitrogen and oxygen atoms in total. The maximum absolute atomic E-state index is 11.0. The van der Waals surface area contributed by atoms with Gasteiger partial charge in [0.05, 0.1) is 6.54 Å². The predicted molar refractivity (Wildman–Crippen MR) is 53.5 cm³/mol. The Hall–Kier alpha value is -0.570. The number of rotatable bonds is 7. The van der Waals surface area contributed by atoms with E-state index in [1.165, 1.54) is 25.7 Å². The van der Waals surface area contributed by atoms with E-state index < -0.39 is 0 Å². The summed E-state index contributed by atoms with van der Waals surface area (Å²) in [5.41, 5.74) is 0. The monoisotopic (exact) mass is 184 g/mol. The van der Waals surface area contributed by atoms with E-state index in [-0.39, 0.29) is 5.91 Å². The third kappa shape index (κ3) is 5.64. The number of likely N-dealkylation sites (N-methyl/N-ethyl adjacent to an activating group) is 1. The van der Waals surface area contributed by atoms with Crippen LogP contribution in [0.15, 0.2) is 0 Å². The van der Waals surface area contributed by atoms with Crippen LogP contribution in [-0.4, -0.2) is 25.5 Å². The predicted octanol–water partition coefficient (Wildman–Crippen LogP) is 0.902. The van der Waals surface area contributed by atoms with Gasteiger partial charge >= 0.3 is 0 Å². The van der Waals surface area contributed by atoms with Crippen LogP contribution in [0.1, 0.15) is 32.6 Å². The van der Waals surface area contributed by atoms with Gasteiger partial charge in [0.1, 0.15) is 0 Å². The number of amides is 1. The first-order chi connectivity index (χ1) is 6.33. The molecule has 0 bridgehead atoms. The molecule has 1 aliphatic rings. The summed E-state index contributed by atoms with van der Waals surface area (Å²) >= 11 is 0. The summed E-state index contributed by atoms with van der Waals surface area (Å²) in [5, 5.41) is 5.90. The van der Waals surface area contributed by atoms with Crippen molar-refractivity contribution in [3.05, 3.63) is 0 Å². The van der Waals surface area contributed by atoms with E-state index in [9.17, 15) is 4.79 Å². The summed E-state index contributed by atoms with van der Waals surface area (Å²) in [6.45, 7) is 4.11. The van der Waals surface area contributed by atoms with E-state index >= 15 is 0 Å². The van der Waals surface area contributed by atoms with Gasteiger partial charge < -0.3 is 10.6 Å². The van der Waals surface area contributed by atoms with Crippen molar-refractivity contribution in [1.82, 2.24) is 10.6 Å². The first kappa shape index (κ1) is 10.5. The van der Waals surface area contributed by atoms with E-state index in [2.05, 4.69) is 10.6 Å². The molecule has 1 aliphatic carbocycles. The molecule has 0 radical (unpaired) electrons. The third-order valence-corrected chi connectivity index (χ3v) is 2.32. The lowest BCUT2D eigenvalue weighted by Crippen LogP contribution is -2.34. The molecule has 2 N–H and O–H groups in total. The average molecular weight is 184 g/mol. The summed E-state index contributed by atoms with van der Waals surface area (Å²) < 4.78 is 0. The molecule has 0 aromatic carbocycles. The molecule has 0 aromatic rings. The van der Waals surface area contributed by atoms with E-state index in [1.807, 2.05) is 6.92 Å². The number of hydrogen-bond acceptors (Lipinski definition) is 2. The van der Waals surface area contributed by atoms with Gasteiger partial charge in [-0.1, -0.05) is 12.8 Å². The lowest BCUT2D eigenvalue weighted by molar-refractivity contribution is -0.120. The summed E-state index contributed by atoms with van der Waals surface area (Å²) in [4.78, 5) is 11.0. The van der Waals surface area contributed by atoms with Gasteiger partial charge in [-0.2, -0.15) is 0 Å². The van der Waals surface area contributed by atoms with Crippen LogP contribution in [-0.2, 0) is 4.79 Å². The lowest BCUT2D eigenvalue weighted by atomic mass is 10.2. The van der Waals surface area contributed by atoms with Crippen LogP contribution in [0.4, 0.5) is 0 Å². The molecular weight excluding hydrogens is 164 g/mol. The third-order valence-electron chi connectivity index (χ3n) is 2.32. The van der Waals surface area contributed by atoms with Gasteiger partial charge in [0.2, 0.25) is 5.91 Å². The van der Waals surface area contributed by atoms with E-state index in [4.69, 9.17) is 0 Å². The number of carbonyl (C=O) groups excluding carboxylic acids is 1. The van der Waals surface area contributed by atoms with Crippen LogP contribution in [0.5, 0.6) is 0 Å². The molecule has 0 aliphatic heterocycles. The summed E-state index contributed by atoms with van der Waals surface area (Å²) in [7, 11) is 0. The maximum atomic E-state index is 11.0. The normalized spacial score (nSPS) is 15.8. The van der Waals surface area contributed by atoms with E-state index in [0.29, 0.717) is 6.54 Å². The number of carbonyl (C=O) groups is 1. The van der Waals surface area contributed by atoms with Crippen LogP contribution in [0, 0.1) is 5.92 Å². The van der Waals surface area contributed by atoms with Gasteiger partial charge in [-0.15, -0.1) is 0 Å². The zero-order valence-corrected chi connectivity index (χ0v) is 8.44. The fourth-order valence-corrected chi connectivity index (χ4v) is 1.38. The van der Waals surface area contributed by atoms with Crippen LogP contribution < -0.4 is 10.6 Å². The average Bonchev–Trinajstić information content (AvgIpc) is 2.88. The van der Waals surface area contributed by atoms with Crippen LogP contribution in [0.25, 0.3) is 0 Å². The van der Waals surface area contributed by atoms with E-state index in [1.54, 1.807) is 0 Å². The molecule has 0 heterocycles. The van der Waals surface area contributed by atoms with Crippen molar-refractivity contribution >= 4 is 5.91 Å². The lowest BCUT2D eigenvalue weighted by Gasteiger charge is -2.03. The topological polar surface area (TPSA) is 41.1 Å². The highest BCUT2D eigenvalue weighted by atomic mass is 16.1. The fraction of sp³-hybridized carbons (Fsp3) is 0.900. The number of nitrogens with one attached hydrogen (secondary N) is 2. The van der Waals surface area contributed by atoms with Crippen molar-refractivity contribution in [3.63, 3.8) is 0 Å². The minimum Gasteiger partial charge on any atom is -0.355 e. The second kappa shape index (κ2) is 5.97. The van der Waals surface area contributed by atoms with Crippen molar-refractivity contribution in [2.24, 2.45) is 5.92 Å². The highest BCUT2D eigenvalue weighted by molar-refractivity contribution is 5.77. The van der Waals surface area contributed by atoms with Crippen molar-refractivity contribution in [1.29, 1.82) is 0 Å². The molecule has 13 heavy (non-hydrogen) atoms. The quantitative estimate of drug-likeness (QED) is 0.577. The summed E-state index contributed by atoms with van der Waals surface area (Å²) in [6.07, 6.45) is 5.40. The summed E-state index contributed by atoms with van der Waals surface area (Å²) in [5.74, 6) is 1.11. The molecule has 1 amide bonds. The molecule has 0 spiro atoms. The highest BCUT2D eigenvalue weighted by Gasteiger charge is 2.19. The van der Waals surface area contributed by atoms with Gasteiger partial charge in [-0.05, 0) is 32.2 Å². The molecule has 1 saturated carbocycles. The molecular formula is C10H20N2O. The largest absolute Gasteiger partial charge is 0.355 e. The first-order valence-corrected chi connectivity index (χ1v) is 5.30. The second-order valence-electron chi connectivity index (χ2n) is 3.72. The maximum Gasteiger partial charge on any atom is 0.233 e. The van der Waals surface area contributed by atoms with Crippen molar-refractivity contribution in [3.8, 4) is 0 Å². The van der Waals surface area contributed by atoms with Crippen molar-refractivity contribution < 1.29 is 4.79 Å². The molecule has 0 aromatic heterocycles. The Morgan fingerprint density at radius 1 is 1.46 bits per heavy atom. The second-order valence-corrected chi connectivity index (χ2v) is 3.72. The van der Waals surface area contributed by atoms with Gasteiger partial charge in [0, 0.05) is 6.54 Å². The van der Waals surface area contributed by atoms with Gasteiger partial charge in [-0.3, -0.25) is 4.79 Å². The molecule has 76 valence electrons. The highest BCUT2D eigenvalue weighted by Crippen LogP contribution is 2.33. The Labute approximate surface area is 80.3 Å². The Morgan fingerprint density at radius 2 is 2.23 bits per heavy atom. The van der Waals surface area contributed by atoms with Crippen LogP contribution >= 0.6 is 0 Å². The van der Waals surface area contributed by atoms with Gasteiger partial charge in [0.25, 0.3) is 0 Å². The Kier molecular flexibility index (Phi) is 4.83. The molecule has 3 heteroatoms. The van der Waals surface area contributed by atoms with Gasteiger partial charge in [0.15, 0.2) is 0 Å². The molecule has 1 rings (SSSR count). The zero-order valence-electron chi connectivity index (χ0n) is 8.44. The Balaban J connectivity index is 1.79. The van der Waals surface area contributed by atoms with Crippen LogP contribution in [0.3, 0.4) is 0 Å². The zero-order chi connectivity index (χ0) is 9.52. The Morgan fingerprint density at radius 3 is 2.85 bits per heavy atom.